The van der Waals surface area contributed by atoms with Crippen LogP contribution < -0.4 is 59.7 Å². The van der Waals surface area contributed by atoms with Crippen molar-refractivity contribution in [3.8, 4) is 11.5 Å². The van der Waals surface area contributed by atoms with Crippen LogP contribution in [0.25, 0.3) is 0 Å². The number of carboxylic acid groups (broad SMARTS) is 2. The highest BCUT2D eigenvalue weighted by molar-refractivity contribution is 5.98. The number of hydrogen-bond acceptors (Lipinski definition) is 14. The first-order valence-electron chi connectivity index (χ1n) is 27.6. The summed E-state index contributed by atoms with van der Waals surface area (Å²) >= 11 is 0. The molecule has 4 aromatic carbocycles. The Hall–Kier alpha value is -9.59. The smallest absolute Gasteiger partial charge is 0.326 e. The fraction of sp³-hybridized carbons (Fsp3) is 0.407. The van der Waals surface area contributed by atoms with E-state index in [0.717, 1.165) is 0 Å². The van der Waals surface area contributed by atoms with Crippen LogP contribution in [0.4, 0.5) is 0 Å². The van der Waals surface area contributed by atoms with Gasteiger partial charge < -0.3 is 80.2 Å². The molecule has 0 aliphatic carbocycles. The van der Waals surface area contributed by atoms with Gasteiger partial charge in [-0.15, -0.1) is 0 Å². The fourth-order valence-corrected chi connectivity index (χ4v) is 8.62. The lowest BCUT2D eigenvalue weighted by atomic mass is 9.99. The number of aliphatic carboxylic acids is 2. The van der Waals surface area contributed by atoms with Gasteiger partial charge in [0.1, 0.15) is 59.8 Å². The second kappa shape index (κ2) is 34.1. The highest BCUT2D eigenvalue weighted by Crippen LogP contribution is 2.16. The van der Waals surface area contributed by atoms with Crippen LogP contribution in [0.5, 0.6) is 11.5 Å². The average Bonchev–Trinajstić information content (AvgIpc) is 3.52. The van der Waals surface area contributed by atoms with Crippen LogP contribution in [0, 0.1) is 5.92 Å². The molecular formula is C59H78N12O14. The van der Waals surface area contributed by atoms with E-state index in [1.54, 1.807) is 74.5 Å². The number of phenolic OH excluding ortho intramolecular Hbond substituents is 2. The van der Waals surface area contributed by atoms with E-state index in [1.807, 2.05) is 0 Å². The Morgan fingerprint density at radius 1 is 0.435 bits per heavy atom. The lowest BCUT2D eigenvalue weighted by Gasteiger charge is -2.28. The predicted octanol–water partition coefficient (Wildman–Crippen LogP) is -0.337. The Morgan fingerprint density at radius 3 is 1.21 bits per heavy atom. The molecule has 0 bridgehead atoms. The van der Waals surface area contributed by atoms with Crippen LogP contribution in [0.3, 0.4) is 0 Å². The van der Waals surface area contributed by atoms with Gasteiger partial charge in [0.05, 0.1) is 6.04 Å². The zero-order valence-corrected chi connectivity index (χ0v) is 47.8. The Labute approximate surface area is 491 Å². The largest absolute Gasteiger partial charge is 0.508 e. The van der Waals surface area contributed by atoms with Crippen LogP contribution in [0.15, 0.2) is 114 Å². The number of carbonyl (C=O) groups is 10. The molecule has 0 radical (unpaired) electrons. The number of benzene rings is 4. The molecule has 18 N–H and O–H groups in total. The molecule has 0 aromatic heterocycles. The summed E-state index contributed by atoms with van der Waals surface area (Å²) in [6.07, 6.45) is -1.79. The number of nitrogens with two attached hydrogens (primary N) is 3. The van der Waals surface area contributed by atoms with Gasteiger partial charge in [0.25, 0.3) is 0 Å². The molecule has 0 aliphatic rings. The first-order valence-corrected chi connectivity index (χ1v) is 27.6. The third kappa shape index (κ3) is 24.4. The molecule has 4 aromatic rings. The van der Waals surface area contributed by atoms with Crippen molar-refractivity contribution in [1.82, 2.24) is 42.5 Å². The van der Waals surface area contributed by atoms with Gasteiger partial charge in [0.15, 0.2) is 5.96 Å². The van der Waals surface area contributed by atoms with Crippen LogP contribution in [0.1, 0.15) is 82.1 Å². The number of hydrogen-bond donors (Lipinski definition) is 15. The van der Waals surface area contributed by atoms with Gasteiger partial charge in [-0.3, -0.25) is 48.1 Å². The van der Waals surface area contributed by atoms with E-state index >= 15 is 0 Å². The number of carboxylic acids is 2. The zero-order chi connectivity index (χ0) is 62.8. The number of aliphatic imine (C=N–C) groups is 1. The average molecular weight is 1180 g/mol. The number of aromatic hydroxyl groups is 2. The molecule has 0 heterocycles. The number of nitrogens with one attached hydrogen (secondary N) is 8. The van der Waals surface area contributed by atoms with E-state index in [4.69, 9.17) is 17.2 Å². The monoisotopic (exact) mass is 1180 g/mol. The number of amides is 8. The molecule has 0 saturated heterocycles. The van der Waals surface area contributed by atoms with Crippen molar-refractivity contribution >= 4 is 65.2 Å². The van der Waals surface area contributed by atoms with Gasteiger partial charge in [-0.25, -0.2) is 4.79 Å². The van der Waals surface area contributed by atoms with Crippen molar-refractivity contribution < 1.29 is 68.4 Å². The number of carbonyl (C=O) groups excluding carboxylic acids is 8. The minimum atomic E-state index is -1.65. The van der Waals surface area contributed by atoms with Crippen molar-refractivity contribution in [2.45, 2.75) is 140 Å². The van der Waals surface area contributed by atoms with Gasteiger partial charge in [-0.1, -0.05) is 98.8 Å². The quantitative estimate of drug-likeness (QED) is 0.0162. The summed E-state index contributed by atoms with van der Waals surface area (Å²) < 4.78 is 0. The van der Waals surface area contributed by atoms with Crippen molar-refractivity contribution in [2.24, 2.45) is 28.1 Å². The topological polar surface area (TPSA) is 438 Å². The molecule has 8 amide bonds. The second-order valence-corrected chi connectivity index (χ2v) is 20.9. The fourth-order valence-electron chi connectivity index (χ4n) is 8.62. The van der Waals surface area contributed by atoms with Crippen LogP contribution in [-0.4, -0.2) is 147 Å². The lowest BCUT2D eigenvalue weighted by molar-refractivity contribution is -0.142. The maximum atomic E-state index is 14.4. The van der Waals surface area contributed by atoms with E-state index in [-0.39, 0.29) is 74.9 Å². The predicted molar refractivity (Wildman–Crippen MR) is 313 cm³/mol. The van der Waals surface area contributed by atoms with E-state index in [9.17, 15) is 68.4 Å². The standard InChI is InChI=1S/C59H78N12O14/c1-33(2)28-44(55(81)70-47(31-38-17-21-40(72)22-18-38)57(83)71-48(58(84)85)32-39-19-23-41(73)24-20-39)68-52(78)42(16-11-27-63-59(61)62)66-53(79)43(25-26-49(74)75)65-51(77)35(4)64-54(80)45(29-36-12-7-5-8-13-36)69-56(82)46(67-50(76)34(3)60)30-37-14-9-6-10-15-37/h5-10,12-15,17-24,33-35,42-48,72-73H,11,16,25-32,60H2,1-4H3,(H,64,80)(H,65,77)(H,66,79)(H,67,76)(H,68,78)(H,69,82)(H,70,81)(H,71,83)(H,74,75)(H,84,85)(H4,61,62,63)/t34-,35-,42-,43-,44-,45-,46-,47-,48-/m0/s1. The highest BCUT2D eigenvalue weighted by Gasteiger charge is 2.35. The summed E-state index contributed by atoms with van der Waals surface area (Å²) in [5, 5.41) is 60.1. The summed E-state index contributed by atoms with van der Waals surface area (Å²) in [6.45, 7) is 6.18. The number of rotatable bonds is 34. The van der Waals surface area contributed by atoms with Gasteiger partial charge >= 0.3 is 11.9 Å². The van der Waals surface area contributed by atoms with Gasteiger partial charge in [-0.05, 0) is 92.0 Å². The van der Waals surface area contributed by atoms with E-state index in [0.29, 0.717) is 22.3 Å². The number of nitrogens with zero attached hydrogens (tertiary/aromatic N) is 1. The first kappa shape index (κ1) is 67.9. The molecule has 26 nitrogen and oxygen atoms in total. The summed E-state index contributed by atoms with van der Waals surface area (Å²) in [4.78, 5) is 140. The molecule has 85 heavy (non-hydrogen) atoms. The molecule has 0 fully saturated rings. The van der Waals surface area contributed by atoms with Crippen molar-refractivity contribution in [3.05, 3.63) is 131 Å². The minimum Gasteiger partial charge on any atom is -0.508 e. The molecule has 0 unspecified atom stereocenters. The van der Waals surface area contributed by atoms with Gasteiger partial charge in [0, 0.05) is 38.6 Å². The Kier molecular flexibility index (Phi) is 27.3. The van der Waals surface area contributed by atoms with Gasteiger partial charge in [-0.2, -0.15) is 0 Å². The summed E-state index contributed by atoms with van der Waals surface area (Å²) in [5.74, 6) is -10.4. The van der Waals surface area contributed by atoms with E-state index in [1.165, 1.54) is 62.4 Å². The number of phenols is 2. The SMILES string of the molecule is CC(C)C[C@H](NC(=O)[C@H](CCCN=C(N)N)NC(=O)[C@H](CCC(=O)O)NC(=O)[C@H](C)NC(=O)[C@H](Cc1ccccc1)NC(=O)[C@H](Cc1ccccc1)NC(=O)[C@H](C)N)C(=O)N[C@@H](Cc1ccc(O)cc1)C(=O)N[C@@H](Cc1ccc(O)cc1)C(=O)O. The van der Waals surface area contributed by atoms with Crippen molar-refractivity contribution in [3.63, 3.8) is 0 Å². The molecule has 4 rings (SSSR count). The maximum Gasteiger partial charge on any atom is 0.326 e. The number of guanidine groups is 1. The highest BCUT2D eigenvalue weighted by atomic mass is 16.4. The second-order valence-electron chi connectivity index (χ2n) is 20.9. The minimum absolute atomic E-state index is 0.0305. The first-order chi connectivity index (χ1) is 40.3. The molecule has 9 atom stereocenters. The normalized spacial score (nSPS) is 14.1. The van der Waals surface area contributed by atoms with Crippen LogP contribution in [0.2, 0.25) is 0 Å². The Morgan fingerprint density at radius 2 is 0.788 bits per heavy atom. The van der Waals surface area contributed by atoms with Crippen molar-refractivity contribution in [1.29, 1.82) is 0 Å². The van der Waals surface area contributed by atoms with Gasteiger partial charge in [0.2, 0.25) is 47.3 Å². The third-order valence-electron chi connectivity index (χ3n) is 13.2. The maximum absolute atomic E-state index is 14.4. The summed E-state index contributed by atoms with van der Waals surface area (Å²) in [7, 11) is 0. The van der Waals surface area contributed by atoms with E-state index < -0.39 is 126 Å². The molecular weight excluding hydrogens is 1100 g/mol. The third-order valence-corrected chi connectivity index (χ3v) is 13.2. The lowest BCUT2D eigenvalue weighted by Crippen LogP contribution is -2.60. The van der Waals surface area contributed by atoms with E-state index in [2.05, 4.69) is 47.5 Å². The Bertz CT molecular complexity index is 2930. The molecule has 26 heteroatoms. The molecule has 0 saturated carbocycles. The molecule has 0 aliphatic heterocycles. The summed E-state index contributed by atoms with van der Waals surface area (Å²) in [5.41, 5.74) is 19.1. The molecule has 458 valence electrons. The summed E-state index contributed by atoms with van der Waals surface area (Å²) in [6, 6.07) is 16.3. The zero-order valence-electron chi connectivity index (χ0n) is 47.8. The molecule has 0 spiro atoms. The van der Waals surface area contributed by atoms with Crippen LogP contribution >= 0.6 is 0 Å². The van der Waals surface area contributed by atoms with Crippen molar-refractivity contribution in [2.75, 3.05) is 6.54 Å². The van der Waals surface area contributed by atoms with Crippen LogP contribution in [-0.2, 0) is 73.6 Å². The Balaban J connectivity index is 1.58.